The number of anilines is 1. The molecule has 0 saturated carbocycles. The smallest absolute Gasteiger partial charge is 0.338 e. The van der Waals surface area contributed by atoms with Crippen LogP contribution in [0.4, 0.5) is 11.4 Å². The molecule has 1 N–H and O–H groups in total. The van der Waals surface area contributed by atoms with Crippen molar-refractivity contribution in [2.24, 2.45) is 0 Å². The molecule has 1 amide bonds. The number of aryl methyl sites for hydroxylation is 2. The number of nitro groups is 1. The number of benzene rings is 2. The van der Waals surface area contributed by atoms with Gasteiger partial charge < -0.3 is 24.1 Å². The third kappa shape index (κ3) is 5.68. The van der Waals surface area contributed by atoms with E-state index >= 15 is 0 Å². The summed E-state index contributed by atoms with van der Waals surface area (Å²) in [4.78, 5) is 35.5. The van der Waals surface area contributed by atoms with E-state index in [1.807, 2.05) is 6.92 Å². The number of nitrogens with zero attached hydrogens (tertiary/aromatic N) is 2. The van der Waals surface area contributed by atoms with E-state index in [2.05, 4.69) is 10.5 Å². The molecular weight excluding hydrogens is 446 g/mol. The van der Waals surface area contributed by atoms with Crippen molar-refractivity contribution in [1.82, 2.24) is 5.16 Å². The summed E-state index contributed by atoms with van der Waals surface area (Å²) in [6.45, 7) is 5.24. The summed E-state index contributed by atoms with van der Waals surface area (Å²) in [6, 6.07) is 10.2. The van der Waals surface area contributed by atoms with Crippen LogP contribution < -0.4 is 14.8 Å². The molecule has 0 aliphatic heterocycles. The molecule has 1 aromatic heterocycles. The summed E-state index contributed by atoms with van der Waals surface area (Å²) in [6.07, 6.45) is -1.20. The summed E-state index contributed by atoms with van der Waals surface area (Å²) < 4.78 is 21.0. The Hall–Kier alpha value is -4.41. The minimum absolute atomic E-state index is 0.0431. The lowest BCUT2D eigenvalue weighted by Gasteiger charge is -2.14. The monoisotopic (exact) mass is 469 g/mol. The van der Waals surface area contributed by atoms with Crippen molar-refractivity contribution in [2.45, 2.75) is 33.5 Å². The third-order valence-corrected chi connectivity index (χ3v) is 4.97. The number of rotatable bonds is 9. The van der Waals surface area contributed by atoms with Crippen molar-refractivity contribution in [1.29, 1.82) is 0 Å². The molecule has 3 aromatic rings. The molecule has 1 atom stereocenters. The predicted molar refractivity (Wildman–Crippen MR) is 120 cm³/mol. The highest BCUT2D eigenvalue weighted by molar-refractivity contribution is 5.98. The molecule has 178 valence electrons. The van der Waals surface area contributed by atoms with Crippen molar-refractivity contribution >= 4 is 23.3 Å². The molecule has 11 nitrogen and oxygen atoms in total. The zero-order chi connectivity index (χ0) is 24.8. The maximum absolute atomic E-state index is 12.4. The van der Waals surface area contributed by atoms with E-state index in [-0.39, 0.29) is 29.3 Å². The quantitative estimate of drug-likeness (QED) is 0.280. The Morgan fingerprint density at radius 3 is 2.41 bits per heavy atom. The molecule has 0 saturated heterocycles. The van der Waals surface area contributed by atoms with E-state index in [9.17, 15) is 19.7 Å². The molecule has 0 fully saturated rings. The summed E-state index contributed by atoms with van der Waals surface area (Å²) in [5.74, 6) is 0.00702. The number of amides is 1. The topological polar surface area (TPSA) is 143 Å². The van der Waals surface area contributed by atoms with Gasteiger partial charge >= 0.3 is 5.97 Å². The fraction of sp³-hybridized carbons (Fsp3) is 0.261. The number of carbonyl (C=O) groups is 2. The Morgan fingerprint density at radius 1 is 1.15 bits per heavy atom. The fourth-order valence-corrected chi connectivity index (χ4v) is 2.96. The summed E-state index contributed by atoms with van der Waals surface area (Å²) in [7, 11) is 1.37. The van der Waals surface area contributed by atoms with E-state index in [0.717, 1.165) is 11.3 Å². The maximum Gasteiger partial charge on any atom is 0.338 e. The van der Waals surface area contributed by atoms with E-state index in [0.29, 0.717) is 11.5 Å². The Labute approximate surface area is 194 Å². The Morgan fingerprint density at radius 2 is 1.82 bits per heavy atom. The first kappa shape index (κ1) is 24.2. The van der Waals surface area contributed by atoms with Crippen molar-refractivity contribution < 1.29 is 33.2 Å². The van der Waals surface area contributed by atoms with Gasteiger partial charge in [-0.3, -0.25) is 14.9 Å². The van der Waals surface area contributed by atoms with Crippen LogP contribution in [0.2, 0.25) is 0 Å². The van der Waals surface area contributed by atoms with Gasteiger partial charge in [0.1, 0.15) is 29.6 Å². The first-order chi connectivity index (χ1) is 16.2. The van der Waals surface area contributed by atoms with Gasteiger partial charge in [0.2, 0.25) is 0 Å². The molecule has 34 heavy (non-hydrogen) atoms. The van der Waals surface area contributed by atoms with Gasteiger partial charge in [-0.2, -0.15) is 0 Å². The second kappa shape index (κ2) is 10.5. The predicted octanol–water partition coefficient (Wildman–Crippen LogP) is 3.97. The van der Waals surface area contributed by atoms with Gasteiger partial charge in [-0.25, -0.2) is 4.79 Å². The zero-order valence-corrected chi connectivity index (χ0v) is 19.0. The zero-order valence-electron chi connectivity index (χ0n) is 19.0. The molecule has 0 aliphatic rings. The van der Waals surface area contributed by atoms with Crippen LogP contribution in [-0.4, -0.2) is 35.2 Å². The number of hydrogen-bond acceptors (Lipinski definition) is 9. The van der Waals surface area contributed by atoms with Gasteiger partial charge in [0.25, 0.3) is 11.6 Å². The molecule has 0 aliphatic carbocycles. The van der Waals surface area contributed by atoms with Crippen LogP contribution in [-0.2, 0) is 16.1 Å². The maximum atomic E-state index is 12.4. The van der Waals surface area contributed by atoms with Crippen molar-refractivity contribution in [2.75, 3.05) is 12.4 Å². The summed E-state index contributed by atoms with van der Waals surface area (Å²) in [5, 5.41) is 17.5. The number of hydrogen-bond donors (Lipinski definition) is 1. The lowest BCUT2D eigenvalue weighted by Crippen LogP contribution is -2.30. The van der Waals surface area contributed by atoms with Crippen LogP contribution in [0.15, 0.2) is 47.0 Å². The molecule has 0 spiro atoms. The lowest BCUT2D eigenvalue weighted by atomic mass is 10.2. The lowest BCUT2D eigenvalue weighted by molar-refractivity contribution is -0.384. The Balaban J connectivity index is 1.58. The number of ether oxygens (including phenoxy) is 3. The van der Waals surface area contributed by atoms with Crippen molar-refractivity contribution in [3.63, 3.8) is 0 Å². The number of aromatic nitrogens is 1. The van der Waals surface area contributed by atoms with Gasteiger partial charge in [0.05, 0.1) is 34.9 Å². The van der Waals surface area contributed by atoms with Crippen LogP contribution >= 0.6 is 0 Å². The standard InChI is InChI=1S/C23H23N3O8/c1-13-19(14(2)34-25-13)12-32-17-7-5-16(6-8-17)23(28)33-15(3)22(27)24-20-10-9-18(31-4)11-21(20)26(29)30/h5-11,15H,12H2,1-4H3,(H,24,27). The third-order valence-electron chi connectivity index (χ3n) is 4.97. The van der Waals surface area contributed by atoms with Gasteiger partial charge in [-0.1, -0.05) is 5.16 Å². The number of carbonyl (C=O) groups excluding carboxylic acids is 2. The van der Waals surface area contributed by atoms with Gasteiger partial charge in [0, 0.05) is 0 Å². The van der Waals surface area contributed by atoms with Gasteiger partial charge in [0.15, 0.2) is 6.10 Å². The largest absolute Gasteiger partial charge is 0.496 e. The van der Waals surface area contributed by atoms with Crippen LogP contribution in [0.3, 0.4) is 0 Å². The number of esters is 1. The van der Waals surface area contributed by atoms with E-state index in [4.69, 9.17) is 18.7 Å². The minimum atomic E-state index is -1.20. The second-order valence-corrected chi connectivity index (χ2v) is 7.29. The molecular formula is C23H23N3O8. The molecule has 0 radical (unpaired) electrons. The van der Waals surface area contributed by atoms with Gasteiger partial charge in [-0.05, 0) is 57.2 Å². The first-order valence-corrected chi connectivity index (χ1v) is 10.2. The highest BCUT2D eigenvalue weighted by Crippen LogP contribution is 2.29. The number of nitro benzene ring substituents is 1. The highest BCUT2D eigenvalue weighted by Gasteiger charge is 2.23. The first-order valence-electron chi connectivity index (χ1n) is 10.2. The molecule has 3 rings (SSSR count). The average Bonchev–Trinajstić information content (AvgIpc) is 3.14. The molecule has 1 heterocycles. The normalized spacial score (nSPS) is 11.4. The summed E-state index contributed by atoms with van der Waals surface area (Å²) in [5.41, 5.74) is 1.40. The average molecular weight is 469 g/mol. The van der Waals surface area contributed by atoms with Crippen molar-refractivity contribution in [3.05, 3.63) is 75.2 Å². The molecule has 1 unspecified atom stereocenters. The Bertz CT molecular complexity index is 1180. The molecule has 2 aromatic carbocycles. The number of nitrogens with one attached hydrogen (secondary N) is 1. The van der Waals surface area contributed by atoms with Crippen LogP contribution in [0.1, 0.15) is 34.3 Å². The Kier molecular flexibility index (Phi) is 7.46. The van der Waals surface area contributed by atoms with E-state index in [1.54, 1.807) is 19.1 Å². The van der Waals surface area contributed by atoms with Crippen LogP contribution in [0.5, 0.6) is 11.5 Å². The van der Waals surface area contributed by atoms with E-state index < -0.39 is 22.9 Å². The number of methoxy groups -OCH3 is 1. The molecule has 11 heteroatoms. The fourth-order valence-electron chi connectivity index (χ4n) is 2.96. The van der Waals surface area contributed by atoms with Gasteiger partial charge in [-0.15, -0.1) is 0 Å². The van der Waals surface area contributed by atoms with Crippen LogP contribution in [0, 0.1) is 24.0 Å². The van der Waals surface area contributed by atoms with E-state index in [1.165, 1.54) is 44.4 Å². The minimum Gasteiger partial charge on any atom is -0.496 e. The second-order valence-electron chi connectivity index (χ2n) is 7.29. The van der Waals surface area contributed by atoms with Crippen LogP contribution in [0.25, 0.3) is 0 Å². The summed E-state index contributed by atoms with van der Waals surface area (Å²) >= 11 is 0. The highest BCUT2D eigenvalue weighted by atomic mass is 16.6. The SMILES string of the molecule is COc1ccc(NC(=O)C(C)OC(=O)c2ccc(OCc3c(C)noc3C)cc2)c([N+](=O)[O-])c1. The molecule has 0 bridgehead atoms. The van der Waals surface area contributed by atoms with Crippen molar-refractivity contribution in [3.8, 4) is 11.5 Å².